The Morgan fingerprint density at radius 1 is 1.22 bits per heavy atom. The molecule has 0 spiro atoms. The van der Waals surface area contributed by atoms with E-state index in [1.165, 1.54) is 0 Å². The Morgan fingerprint density at radius 3 is 2.43 bits per heavy atom. The van der Waals surface area contributed by atoms with Crippen LogP contribution >= 0.6 is 0 Å². The van der Waals surface area contributed by atoms with Gasteiger partial charge in [0.2, 0.25) is 10.0 Å². The molecule has 5 heteroatoms. The van der Waals surface area contributed by atoms with Crippen LogP contribution < -0.4 is 4.72 Å². The van der Waals surface area contributed by atoms with Gasteiger partial charge in [-0.05, 0) is 31.9 Å². The largest absolute Gasteiger partial charge is 0.298 e. The van der Waals surface area contributed by atoms with Crippen molar-refractivity contribution in [2.45, 2.75) is 63.3 Å². The molecule has 0 aromatic heterocycles. The highest BCUT2D eigenvalue weighted by Crippen LogP contribution is 2.13. The summed E-state index contributed by atoms with van der Waals surface area (Å²) < 4.78 is 27.3. The third kappa shape index (κ3) is 6.67. The van der Waals surface area contributed by atoms with Gasteiger partial charge < -0.3 is 0 Å². The Morgan fingerprint density at radius 2 is 1.87 bits per heavy atom. The number of ketones is 1. The maximum absolute atomic E-state index is 12.4. The molecule has 0 bridgehead atoms. The van der Waals surface area contributed by atoms with E-state index < -0.39 is 16.1 Å². The topological polar surface area (TPSA) is 63.2 Å². The summed E-state index contributed by atoms with van der Waals surface area (Å²) in [6.07, 6.45) is 6.26. The summed E-state index contributed by atoms with van der Waals surface area (Å²) in [6, 6.07) is 5.84. The number of carbonyl (C=O) groups excluding carboxylic acids is 1. The number of rotatable bonds is 11. The minimum Gasteiger partial charge on any atom is -0.298 e. The molecule has 1 aromatic carbocycles. The summed E-state index contributed by atoms with van der Waals surface area (Å²) in [5, 5.41) is 0. The number of unbranched alkanes of at least 4 members (excludes halogenated alkanes) is 3. The summed E-state index contributed by atoms with van der Waals surface area (Å²) in [6.45, 7) is 7.62. The maximum atomic E-state index is 12.4. The molecule has 0 heterocycles. The minimum absolute atomic E-state index is 0.0725. The fraction of sp³-hybridized carbons (Fsp3) is 0.500. The lowest BCUT2D eigenvalue weighted by Crippen LogP contribution is -2.40. The molecule has 0 aliphatic rings. The Kier molecular flexibility index (Phi) is 8.20. The van der Waals surface area contributed by atoms with Crippen molar-refractivity contribution in [1.29, 1.82) is 0 Å². The van der Waals surface area contributed by atoms with Crippen molar-refractivity contribution < 1.29 is 13.2 Å². The average molecular weight is 337 g/mol. The van der Waals surface area contributed by atoms with E-state index in [-0.39, 0.29) is 10.7 Å². The molecule has 1 N–H and O–H groups in total. The van der Waals surface area contributed by atoms with Crippen LogP contribution in [0.3, 0.4) is 0 Å². The van der Waals surface area contributed by atoms with Crippen LogP contribution in [0.15, 0.2) is 41.8 Å². The third-order valence-corrected chi connectivity index (χ3v) is 5.18. The normalized spacial score (nSPS) is 12.8. The molecule has 4 nitrogen and oxygen atoms in total. The first kappa shape index (κ1) is 19.6. The van der Waals surface area contributed by atoms with E-state index in [0.717, 1.165) is 31.2 Å². The van der Waals surface area contributed by atoms with Gasteiger partial charge in [-0.3, -0.25) is 4.79 Å². The molecule has 128 valence electrons. The number of hydrogen-bond acceptors (Lipinski definition) is 3. The molecule has 0 radical (unpaired) electrons. The van der Waals surface area contributed by atoms with E-state index in [4.69, 9.17) is 0 Å². The van der Waals surface area contributed by atoms with Crippen molar-refractivity contribution in [3.63, 3.8) is 0 Å². The van der Waals surface area contributed by atoms with Gasteiger partial charge in [-0.15, -0.1) is 6.58 Å². The highest BCUT2D eigenvalue weighted by molar-refractivity contribution is 7.89. The second kappa shape index (κ2) is 9.63. The third-order valence-electron chi connectivity index (χ3n) is 3.70. The molecule has 23 heavy (non-hydrogen) atoms. The lowest BCUT2D eigenvalue weighted by atomic mass is 10.0. The predicted molar refractivity (Wildman–Crippen MR) is 93.9 cm³/mol. The molecule has 1 atom stereocenters. The Balaban J connectivity index is 2.75. The summed E-state index contributed by atoms with van der Waals surface area (Å²) >= 11 is 0. The van der Waals surface area contributed by atoms with Crippen molar-refractivity contribution >= 4 is 15.8 Å². The summed E-state index contributed by atoms with van der Waals surface area (Å²) in [5.41, 5.74) is 0.985. The zero-order chi connectivity index (χ0) is 17.3. The Hall–Kier alpha value is -1.46. The highest BCUT2D eigenvalue weighted by Gasteiger charge is 2.24. The quantitative estimate of drug-likeness (QED) is 0.494. The van der Waals surface area contributed by atoms with Crippen LogP contribution in [0, 0.1) is 6.92 Å². The minimum atomic E-state index is -3.70. The molecule has 0 saturated carbocycles. The van der Waals surface area contributed by atoms with Crippen molar-refractivity contribution in [2.24, 2.45) is 0 Å². The number of nitrogens with one attached hydrogen (secondary N) is 1. The highest BCUT2D eigenvalue weighted by atomic mass is 32.2. The van der Waals surface area contributed by atoms with Crippen LogP contribution in [-0.4, -0.2) is 20.2 Å². The van der Waals surface area contributed by atoms with Gasteiger partial charge in [0.05, 0.1) is 10.9 Å². The zero-order valence-electron chi connectivity index (χ0n) is 14.0. The van der Waals surface area contributed by atoms with Crippen LogP contribution in [0.1, 0.15) is 51.0 Å². The van der Waals surface area contributed by atoms with Crippen molar-refractivity contribution in [1.82, 2.24) is 4.72 Å². The van der Waals surface area contributed by atoms with Crippen molar-refractivity contribution in [2.75, 3.05) is 0 Å². The van der Waals surface area contributed by atoms with E-state index in [1.54, 1.807) is 30.3 Å². The molecule has 0 saturated heterocycles. The Labute approximate surface area is 140 Å². The van der Waals surface area contributed by atoms with Gasteiger partial charge in [-0.2, -0.15) is 0 Å². The van der Waals surface area contributed by atoms with Gasteiger partial charge >= 0.3 is 0 Å². The SMILES string of the molecule is C=CCC(NS(=O)(=O)c1ccc(C)cc1)C(=O)CCCCCC. The van der Waals surface area contributed by atoms with E-state index in [0.29, 0.717) is 12.8 Å². The molecular weight excluding hydrogens is 310 g/mol. The molecule has 1 rings (SSSR count). The molecule has 0 amide bonds. The Bertz CT molecular complexity index is 606. The van der Waals surface area contributed by atoms with Crippen molar-refractivity contribution in [3.05, 3.63) is 42.5 Å². The van der Waals surface area contributed by atoms with Gasteiger partial charge in [-0.1, -0.05) is 50.0 Å². The molecule has 0 fully saturated rings. The predicted octanol–water partition coefficient (Wildman–Crippen LogP) is 3.76. The number of sulfonamides is 1. The monoisotopic (exact) mass is 337 g/mol. The number of Topliss-reactive ketones (excluding diaryl/α,β-unsaturated/α-hetero) is 1. The van der Waals surface area contributed by atoms with Crippen LogP contribution in [0.5, 0.6) is 0 Å². The standard InChI is InChI=1S/C18H27NO3S/c1-4-6-7-8-10-18(20)17(9-5-2)19-23(21,22)16-13-11-15(3)12-14-16/h5,11-14,17,19H,2,4,6-10H2,1,3H3. The van der Waals surface area contributed by atoms with E-state index in [2.05, 4.69) is 18.2 Å². The first-order valence-electron chi connectivity index (χ1n) is 8.13. The zero-order valence-corrected chi connectivity index (χ0v) is 14.9. The second-order valence-corrected chi connectivity index (χ2v) is 7.50. The number of benzene rings is 1. The number of aryl methyl sites for hydroxylation is 1. The first-order chi connectivity index (χ1) is 10.9. The van der Waals surface area contributed by atoms with Crippen LogP contribution in [0.4, 0.5) is 0 Å². The van der Waals surface area contributed by atoms with Gasteiger partial charge in [-0.25, -0.2) is 13.1 Å². The van der Waals surface area contributed by atoms with Crippen LogP contribution in [0.25, 0.3) is 0 Å². The number of carbonyl (C=O) groups is 1. The molecule has 0 aliphatic carbocycles. The molecule has 0 aliphatic heterocycles. The first-order valence-corrected chi connectivity index (χ1v) is 9.61. The van der Waals surface area contributed by atoms with Gasteiger partial charge in [0.25, 0.3) is 0 Å². The van der Waals surface area contributed by atoms with Gasteiger partial charge in [0, 0.05) is 6.42 Å². The van der Waals surface area contributed by atoms with E-state index in [1.807, 2.05) is 6.92 Å². The summed E-state index contributed by atoms with van der Waals surface area (Å²) in [5.74, 6) is -0.0725. The fourth-order valence-electron chi connectivity index (χ4n) is 2.28. The number of hydrogen-bond donors (Lipinski definition) is 1. The molecule has 1 unspecified atom stereocenters. The van der Waals surface area contributed by atoms with Crippen LogP contribution in [-0.2, 0) is 14.8 Å². The fourth-order valence-corrected chi connectivity index (χ4v) is 3.52. The summed E-state index contributed by atoms with van der Waals surface area (Å²) in [7, 11) is -3.70. The van der Waals surface area contributed by atoms with Gasteiger partial charge in [0.1, 0.15) is 0 Å². The van der Waals surface area contributed by atoms with E-state index in [9.17, 15) is 13.2 Å². The van der Waals surface area contributed by atoms with Gasteiger partial charge in [0.15, 0.2) is 5.78 Å². The van der Waals surface area contributed by atoms with Crippen LogP contribution in [0.2, 0.25) is 0 Å². The second-order valence-electron chi connectivity index (χ2n) is 5.79. The summed E-state index contributed by atoms with van der Waals surface area (Å²) in [4.78, 5) is 12.5. The molecule has 1 aromatic rings. The van der Waals surface area contributed by atoms with E-state index >= 15 is 0 Å². The molecular formula is C18H27NO3S. The lowest BCUT2D eigenvalue weighted by molar-refractivity contribution is -0.120. The van der Waals surface area contributed by atoms with Crippen molar-refractivity contribution in [3.8, 4) is 0 Å². The lowest BCUT2D eigenvalue weighted by Gasteiger charge is -2.16. The smallest absolute Gasteiger partial charge is 0.241 e. The average Bonchev–Trinajstić information content (AvgIpc) is 2.51. The maximum Gasteiger partial charge on any atom is 0.241 e.